The van der Waals surface area contributed by atoms with Crippen molar-refractivity contribution in [3.63, 3.8) is 0 Å². The lowest BCUT2D eigenvalue weighted by Gasteiger charge is -2.06. The Morgan fingerprint density at radius 2 is 2.14 bits per heavy atom. The van der Waals surface area contributed by atoms with Crippen LogP contribution in [0.2, 0.25) is 5.02 Å². The van der Waals surface area contributed by atoms with Gasteiger partial charge in [0.2, 0.25) is 4.96 Å². The van der Waals surface area contributed by atoms with Crippen LogP contribution in [0.25, 0.3) is 4.96 Å². The van der Waals surface area contributed by atoms with E-state index in [0.29, 0.717) is 17.1 Å². The van der Waals surface area contributed by atoms with Gasteiger partial charge < -0.3 is 5.32 Å². The lowest BCUT2D eigenvalue weighted by atomic mass is 10.2. The molecule has 3 aromatic rings. The minimum Gasteiger partial charge on any atom is -0.346 e. The number of benzene rings is 1. The van der Waals surface area contributed by atoms with Crippen LogP contribution in [0.4, 0.5) is 0 Å². The highest BCUT2D eigenvalue weighted by Crippen LogP contribution is 2.18. The van der Waals surface area contributed by atoms with Gasteiger partial charge in [-0.2, -0.15) is 5.10 Å². The summed E-state index contributed by atoms with van der Waals surface area (Å²) in [6.07, 6.45) is 0. The van der Waals surface area contributed by atoms with E-state index in [4.69, 9.17) is 11.6 Å². The Hall–Kier alpha value is -1.92. The summed E-state index contributed by atoms with van der Waals surface area (Å²) in [7, 11) is 0. The maximum absolute atomic E-state index is 12.2. The zero-order valence-corrected chi connectivity index (χ0v) is 13.1. The molecule has 0 aliphatic carbocycles. The average molecular weight is 321 g/mol. The molecule has 3 rings (SSSR count). The van der Waals surface area contributed by atoms with Crippen molar-refractivity contribution in [1.29, 1.82) is 0 Å². The van der Waals surface area contributed by atoms with Crippen molar-refractivity contribution >= 4 is 33.8 Å². The lowest BCUT2D eigenvalue weighted by molar-refractivity contribution is 0.0950. The molecule has 1 N–H and O–H groups in total. The molecule has 0 aliphatic heterocycles. The topological polar surface area (TPSA) is 59.3 Å². The Bertz CT molecular complexity index is 824. The van der Waals surface area contributed by atoms with Gasteiger partial charge in [0.1, 0.15) is 5.01 Å². The second-order valence-electron chi connectivity index (χ2n) is 4.62. The predicted octanol–water partition coefficient (Wildman–Crippen LogP) is 2.99. The number of nitrogens with one attached hydrogen (secondary N) is 1. The van der Waals surface area contributed by atoms with Gasteiger partial charge in [-0.3, -0.25) is 4.79 Å². The minimum absolute atomic E-state index is 0.207. The second-order valence-corrected chi connectivity index (χ2v) is 6.19. The number of rotatable bonds is 3. The highest BCUT2D eigenvalue weighted by atomic mass is 35.5. The summed E-state index contributed by atoms with van der Waals surface area (Å²) in [5, 5.41) is 8.64. The third kappa shape index (κ3) is 2.64. The molecule has 0 atom stereocenters. The number of carbonyl (C=O) groups is 1. The Labute approximate surface area is 130 Å². The number of nitrogens with zero attached hydrogens (tertiary/aromatic N) is 3. The van der Waals surface area contributed by atoms with E-state index < -0.39 is 0 Å². The Balaban J connectivity index is 1.82. The third-order valence-electron chi connectivity index (χ3n) is 3.13. The van der Waals surface area contributed by atoms with E-state index in [2.05, 4.69) is 15.4 Å². The molecule has 0 aliphatic rings. The van der Waals surface area contributed by atoms with Gasteiger partial charge in [0.25, 0.3) is 5.91 Å². The molecule has 2 heterocycles. The molecule has 0 saturated heterocycles. The van der Waals surface area contributed by atoms with Gasteiger partial charge >= 0.3 is 0 Å². The fourth-order valence-corrected chi connectivity index (χ4v) is 3.12. The first kappa shape index (κ1) is 14.0. The molecule has 7 heteroatoms. The summed E-state index contributed by atoms with van der Waals surface area (Å²) in [5.41, 5.74) is 2.22. The number of aryl methyl sites for hydroxylation is 2. The van der Waals surface area contributed by atoms with E-state index in [1.165, 1.54) is 11.3 Å². The number of aromatic nitrogens is 3. The zero-order valence-electron chi connectivity index (χ0n) is 11.6. The van der Waals surface area contributed by atoms with Gasteiger partial charge in [-0.05, 0) is 26.0 Å². The normalized spacial score (nSPS) is 11.0. The summed E-state index contributed by atoms with van der Waals surface area (Å²) < 4.78 is 1.78. The first-order valence-corrected chi connectivity index (χ1v) is 7.60. The molecule has 0 saturated carbocycles. The van der Waals surface area contributed by atoms with Crippen molar-refractivity contribution < 1.29 is 4.79 Å². The highest BCUT2D eigenvalue weighted by molar-refractivity contribution is 7.16. The molecule has 0 fully saturated rings. The van der Waals surface area contributed by atoms with E-state index in [-0.39, 0.29) is 5.91 Å². The number of amides is 1. The minimum atomic E-state index is -0.207. The van der Waals surface area contributed by atoms with Crippen LogP contribution in [0.3, 0.4) is 0 Å². The standard InChI is InChI=1S/C14H13ClN4OS/c1-8-12(19-14(17-8)21-9(2)18-19)7-16-13(20)10-5-3-4-6-11(10)15/h3-6H,7H2,1-2H3,(H,16,20). The van der Waals surface area contributed by atoms with Crippen LogP contribution in [0.1, 0.15) is 26.8 Å². The molecule has 21 heavy (non-hydrogen) atoms. The van der Waals surface area contributed by atoms with Crippen LogP contribution >= 0.6 is 22.9 Å². The first-order valence-electron chi connectivity index (χ1n) is 6.40. The van der Waals surface area contributed by atoms with Gasteiger partial charge in [-0.25, -0.2) is 9.50 Å². The largest absolute Gasteiger partial charge is 0.346 e. The molecule has 108 valence electrons. The maximum Gasteiger partial charge on any atom is 0.253 e. The molecular formula is C14H13ClN4OS. The Morgan fingerprint density at radius 1 is 1.38 bits per heavy atom. The monoisotopic (exact) mass is 320 g/mol. The number of hydrogen-bond donors (Lipinski definition) is 1. The molecule has 1 aromatic carbocycles. The number of imidazole rings is 1. The third-order valence-corrected chi connectivity index (χ3v) is 4.29. The summed E-state index contributed by atoms with van der Waals surface area (Å²) in [4.78, 5) is 17.5. The Morgan fingerprint density at radius 3 is 2.90 bits per heavy atom. The number of hydrogen-bond acceptors (Lipinski definition) is 4. The fourth-order valence-electron chi connectivity index (χ4n) is 2.09. The number of fused-ring (bicyclic) bond motifs is 1. The summed E-state index contributed by atoms with van der Waals surface area (Å²) in [5.74, 6) is -0.207. The van der Waals surface area contributed by atoms with Crippen LogP contribution in [0.5, 0.6) is 0 Å². The summed E-state index contributed by atoms with van der Waals surface area (Å²) in [6.45, 7) is 4.20. The predicted molar refractivity (Wildman–Crippen MR) is 83.0 cm³/mol. The van der Waals surface area contributed by atoms with E-state index in [1.807, 2.05) is 13.8 Å². The van der Waals surface area contributed by atoms with Crippen LogP contribution in [-0.4, -0.2) is 20.5 Å². The van der Waals surface area contributed by atoms with Gasteiger partial charge in [-0.15, -0.1) is 0 Å². The van der Waals surface area contributed by atoms with E-state index in [0.717, 1.165) is 21.4 Å². The molecule has 0 bridgehead atoms. The van der Waals surface area contributed by atoms with Gasteiger partial charge in [0.05, 0.1) is 28.5 Å². The van der Waals surface area contributed by atoms with Crippen molar-refractivity contribution in [2.75, 3.05) is 0 Å². The number of halogens is 1. The van der Waals surface area contributed by atoms with Crippen molar-refractivity contribution in [1.82, 2.24) is 19.9 Å². The van der Waals surface area contributed by atoms with Crippen molar-refractivity contribution in [3.8, 4) is 0 Å². The first-order chi connectivity index (χ1) is 10.1. The van der Waals surface area contributed by atoms with Crippen LogP contribution in [-0.2, 0) is 6.54 Å². The Kier molecular flexibility index (Phi) is 3.65. The van der Waals surface area contributed by atoms with Gasteiger partial charge in [0.15, 0.2) is 0 Å². The summed E-state index contributed by atoms with van der Waals surface area (Å²) in [6, 6.07) is 6.97. The van der Waals surface area contributed by atoms with Crippen molar-refractivity contribution in [3.05, 3.63) is 51.2 Å². The lowest BCUT2D eigenvalue weighted by Crippen LogP contribution is -2.24. The molecule has 2 aromatic heterocycles. The van der Waals surface area contributed by atoms with Gasteiger partial charge in [-0.1, -0.05) is 35.1 Å². The average Bonchev–Trinajstić information content (AvgIpc) is 2.92. The molecule has 0 radical (unpaired) electrons. The number of carbonyl (C=O) groups excluding carboxylic acids is 1. The molecule has 0 unspecified atom stereocenters. The van der Waals surface area contributed by atoms with Crippen molar-refractivity contribution in [2.45, 2.75) is 20.4 Å². The molecule has 5 nitrogen and oxygen atoms in total. The molecule has 0 spiro atoms. The van der Waals surface area contributed by atoms with E-state index >= 15 is 0 Å². The van der Waals surface area contributed by atoms with Gasteiger partial charge in [0, 0.05) is 0 Å². The fraction of sp³-hybridized carbons (Fsp3) is 0.214. The quantitative estimate of drug-likeness (QED) is 0.807. The SMILES string of the molecule is Cc1nn2c(CNC(=O)c3ccccc3Cl)c(C)nc2s1. The maximum atomic E-state index is 12.2. The molecular weight excluding hydrogens is 308 g/mol. The zero-order chi connectivity index (χ0) is 15.0. The van der Waals surface area contributed by atoms with Crippen LogP contribution in [0, 0.1) is 13.8 Å². The summed E-state index contributed by atoms with van der Waals surface area (Å²) >= 11 is 7.55. The smallest absolute Gasteiger partial charge is 0.253 e. The molecule has 1 amide bonds. The second kappa shape index (κ2) is 5.46. The van der Waals surface area contributed by atoms with Crippen molar-refractivity contribution in [2.24, 2.45) is 0 Å². The van der Waals surface area contributed by atoms with E-state index in [9.17, 15) is 4.79 Å². The van der Waals surface area contributed by atoms with E-state index in [1.54, 1.807) is 28.8 Å². The van der Waals surface area contributed by atoms with Crippen LogP contribution in [0.15, 0.2) is 24.3 Å². The van der Waals surface area contributed by atoms with Crippen LogP contribution < -0.4 is 5.32 Å². The highest BCUT2D eigenvalue weighted by Gasteiger charge is 2.15.